The number of amides is 1. The number of rotatable bonds is 2. The molecule has 6 nitrogen and oxygen atoms in total. The summed E-state index contributed by atoms with van der Waals surface area (Å²) in [6.07, 6.45) is 0. The van der Waals surface area contributed by atoms with Gasteiger partial charge in [-0.3, -0.25) is 4.79 Å². The van der Waals surface area contributed by atoms with Gasteiger partial charge in [-0.2, -0.15) is 0 Å². The first-order valence-corrected chi connectivity index (χ1v) is 7.01. The molecule has 108 valence electrons. The minimum absolute atomic E-state index is 0.0107. The number of pyridine rings is 1. The minimum Gasteiger partial charge on any atom is -0.378 e. The lowest BCUT2D eigenvalue weighted by molar-refractivity contribution is 0.0299. The van der Waals surface area contributed by atoms with Crippen molar-refractivity contribution in [3.8, 4) is 0 Å². The van der Waals surface area contributed by atoms with E-state index in [1.807, 2.05) is 12.1 Å². The van der Waals surface area contributed by atoms with Crippen molar-refractivity contribution in [2.24, 2.45) is 0 Å². The molecule has 0 N–H and O–H groups in total. The van der Waals surface area contributed by atoms with E-state index < -0.39 is 0 Å². The van der Waals surface area contributed by atoms with Gasteiger partial charge in [0.15, 0.2) is 0 Å². The number of aromatic nitrogens is 1. The van der Waals surface area contributed by atoms with E-state index in [1.54, 1.807) is 11.0 Å². The third kappa shape index (κ3) is 2.91. The van der Waals surface area contributed by atoms with Crippen LogP contribution in [0.15, 0.2) is 18.2 Å². The predicted octanol–water partition coefficient (Wildman–Crippen LogP) is 0.391. The van der Waals surface area contributed by atoms with E-state index in [4.69, 9.17) is 9.47 Å². The summed E-state index contributed by atoms with van der Waals surface area (Å²) in [5.41, 5.74) is 0.510. The molecule has 0 bridgehead atoms. The summed E-state index contributed by atoms with van der Waals surface area (Å²) in [6.45, 7) is 5.56. The van der Waals surface area contributed by atoms with Crippen LogP contribution < -0.4 is 4.90 Å². The summed E-state index contributed by atoms with van der Waals surface area (Å²) in [4.78, 5) is 20.9. The monoisotopic (exact) mass is 277 g/mol. The van der Waals surface area contributed by atoms with E-state index in [2.05, 4.69) is 9.88 Å². The van der Waals surface area contributed by atoms with Crippen LogP contribution in [0.4, 0.5) is 5.82 Å². The zero-order chi connectivity index (χ0) is 13.8. The Morgan fingerprint density at radius 2 is 1.65 bits per heavy atom. The van der Waals surface area contributed by atoms with Crippen LogP contribution >= 0.6 is 0 Å². The highest BCUT2D eigenvalue weighted by Crippen LogP contribution is 2.14. The average Bonchev–Trinajstić information content (AvgIpc) is 2.56. The quantitative estimate of drug-likeness (QED) is 0.783. The van der Waals surface area contributed by atoms with Crippen molar-refractivity contribution in [1.82, 2.24) is 9.88 Å². The summed E-state index contributed by atoms with van der Waals surface area (Å²) in [7, 11) is 0. The van der Waals surface area contributed by atoms with Gasteiger partial charge in [0.1, 0.15) is 11.5 Å². The number of hydrogen-bond acceptors (Lipinski definition) is 5. The van der Waals surface area contributed by atoms with Crippen molar-refractivity contribution in [3.63, 3.8) is 0 Å². The normalized spacial score (nSPS) is 20.0. The number of nitrogens with zero attached hydrogens (tertiary/aromatic N) is 3. The van der Waals surface area contributed by atoms with Gasteiger partial charge < -0.3 is 19.3 Å². The van der Waals surface area contributed by atoms with E-state index >= 15 is 0 Å². The number of hydrogen-bond donors (Lipinski definition) is 0. The van der Waals surface area contributed by atoms with Gasteiger partial charge in [0.25, 0.3) is 5.91 Å². The van der Waals surface area contributed by atoms with Gasteiger partial charge in [0.05, 0.1) is 26.4 Å². The maximum atomic E-state index is 12.4. The number of carbonyl (C=O) groups is 1. The summed E-state index contributed by atoms with van der Waals surface area (Å²) in [6, 6.07) is 5.62. The molecule has 0 radical (unpaired) electrons. The van der Waals surface area contributed by atoms with E-state index in [0.717, 1.165) is 18.9 Å². The zero-order valence-electron chi connectivity index (χ0n) is 11.5. The predicted molar refractivity (Wildman–Crippen MR) is 74.0 cm³/mol. The molecule has 6 heteroatoms. The van der Waals surface area contributed by atoms with Crippen LogP contribution in [0.2, 0.25) is 0 Å². The van der Waals surface area contributed by atoms with Gasteiger partial charge in [-0.05, 0) is 12.1 Å². The third-order valence-electron chi connectivity index (χ3n) is 3.59. The van der Waals surface area contributed by atoms with Crippen molar-refractivity contribution in [1.29, 1.82) is 0 Å². The molecule has 20 heavy (non-hydrogen) atoms. The molecule has 0 spiro atoms. The molecule has 0 aliphatic carbocycles. The van der Waals surface area contributed by atoms with Crippen LogP contribution in [0.3, 0.4) is 0 Å². The molecule has 0 aromatic carbocycles. The molecular formula is C14H19N3O3. The maximum Gasteiger partial charge on any atom is 0.272 e. The lowest BCUT2D eigenvalue weighted by atomic mass is 10.2. The molecule has 2 aliphatic rings. The van der Waals surface area contributed by atoms with Crippen molar-refractivity contribution < 1.29 is 14.3 Å². The second kappa shape index (κ2) is 6.19. The molecule has 1 amide bonds. The second-order valence-electron chi connectivity index (χ2n) is 4.89. The largest absolute Gasteiger partial charge is 0.378 e. The SMILES string of the molecule is O=C(c1cccc(N2CCOCC2)n1)N1CCOCC1. The maximum absolute atomic E-state index is 12.4. The molecule has 3 rings (SSSR count). The van der Waals surface area contributed by atoms with Gasteiger partial charge in [-0.25, -0.2) is 4.98 Å². The van der Waals surface area contributed by atoms with Crippen LogP contribution in [0, 0.1) is 0 Å². The second-order valence-corrected chi connectivity index (χ2v) is 4.89. The number of anilines is 1. The van der Waals surface area contributed by atoms with E-state index in [9.17, 15) is 4.79 Å². The first-order chi connectivity index (χ1) is 9.84. The fraction of sp³-hybridized carbons (Fsp3) is 0.571. The summed E-state index contributed by atoms with van der Waals surface area (Å²) in [5, 5.41) is 0. The molecule has 3 heterocycles. The highest BCUT2D eigenvalue weighted by atomic mass is 16.5. The Kier molecular flexibility index (Phi) is 4.13. The molecule has 2 fully saturated rings. The van der Waals surface area contributed by atoms with Crippen molar-refractivity contribution in [2.45, 2.75) is 0 Å². The van der Waals surface area contributed by atoms with Crippen LogP contribution in [0.25, 0.3) is 0 Å². The third-order valence-corrected chi connectivity index (χ3v) is 3.59. The Balaban J connectivity index is 1.74. The smallest absolute Gasteiger partial charge is 0.272 e. The highest BCUT2D eigenvalue weighted by Gasteiger charge is 2.21. The fourth-order valence-corrected chi connectivity index (χ4v) is 2.44. The lowest BCUT2D eigenvalue weighted by Gasteiger charge is -2.29. The van der Waals surface area contributed by atoms with Crippen LogP contribution in [0.1, 0.15) is 10.5 Å². The average molecular weight is 277 g/mol. The Hall–Kier alpha value is -1.66. The molecule has 0 saturated carbocycles. The van der Waals surface area contributed by atoms with Crippen LogP contribution in [-0.4, -0.2) is 68.4 Å². The lowest BCUT2D eigenvalue weighted by Crippen LogP contribution is -2.41. The van der Waals surface area contributed by atoms with Crippen molar-refractivity contribution in [3.05, 3.63) is 23.9 Å². The van der Waals surface area contributed by atoms with Crippen molar-refractivity contribution >= 4 is 11.7 Å². The first-order valence-electron chi connectivity index (χ1n) is 7.01. The molecule has 0 atom stereocenters. The minimum atomic E-state index is -0.0107. The Morgan fingerprint density at radius 3 is 2.35 bits per heavy atom. The Bertz CT molecular complexity index is 468. The Morgan fingerprint density at radius 1 is 1.00 bits per heavy atom. The topological polar surface area (TPSA) is 54.9 Å². The van der Waals surface area contributed by atoms with Gasteiger partial charge in [0, 0.05) is 26.2 Å². The van der Waals surface area contributed by atoms with E-state index in [-0.39, 0.29) is 5.91 Å². The van der Waals surface area contributed by atoms with E-state index in [1.165, 1.54) is 0 Å². The molecule has 1 aromatic rings. The van der Waals surface area contributed by atoms with Gasteiger partial charge in [-0.15, -0.1) is 0 Å². The Labute approximate surface area is 118 Å². The molecule has 1 aromatic heterocycles. The molecule has 2 saturated heterocycles. The molecule has 2 aliphatic heterocycles. The number of morpholine rings is 2. The fourth-order valence-electron chi connectivity index (χ4n) is 2.44. The zero-order valence-corrected chi connectivity index (χ0v) is 11.5. The first kappa shape index (κ1) is 13.3. The molecule has 0 unspecified atom stereocenters. The van der Waals surface area contributed by atoms with Crippen molar-refractivity contribution in [2.75, 3.05) is 57.5 Å². The number of carbonyl (C=O) groups excluding carboxylic acids is 1. The van der Waals surface area contributed by atoms with Gasteiger partial charge in [0.2, 0.25) is 0 Å². The van der Waals surface area contributed by atoms with Gasteiger partial charge >= 0.3 is 0 Å². The summed E-state index contributed by atoms with van der Waals surface area (Å²) >= 11 is 0. The standard InChI is InChI=1S/C14H19N3O3/c18-14(17-6-10-20-11-7-17)12-2-1-3-13(15-12)16-4-8-19-9-5-16/h1-3H,4-11H2. The van der Waals surface area contributed by atoms with E-state index in [0.29, 0.717) is 45.2 Å². The number of ether oxygens (including phenoxy) is 2. The molecular weight excluding hydrogens is 258 g/mol. The van der Waals surface area contributed by atoms with Crippen LogP contribution in [-0.2, 0) is 9.47 Å². The van der Waals surface area contributed by atoms with Crippen LogP contribution in [0.5, 0.6) is 0 Å². The summed E-state index contributed by atoms with van der Waals surface area (Å²) < 4.78 is 10.6. The summed E-state index contributed by atoms with van der Waals surface area (Å²) in [5.74, 6) is 0.843. The van der Waals surface area contributed by atoms with Gasteiger partial charge in [-0.1, -0.05) is 6.07 Å². The highest BCUT2D eigenvalue weighted by molar-refractivity contribution is 5.92.